The summed E-state index contributed by atoms with van der Waals surface area (Å²) < 4.78 is 1.40. The van der Waals surface area contributed by atoms with Gasteiger partial charge in [0.15, 0.2) is 0 Å². The van der Waals surface area contributed by atoms with Gasteiger partial charge in [-0.25, -0.2) is 4.98 Å². The molecule has 0 aliphatic rings. The molecule has 0 aliphatic carbocycles. The third kappa shape index (κ3) is 2.26. The molecule has 2 aromatic rings. The van der Waals surface area contributed by atoms with Gasteiger partial charge in [-0.05, 0) is 17.7 Å². The van der Waals surface area contributed by atoms with Crippen molar-refractivity contribution in [2.75, 3.05) is 0 Å². The molecule has 0 radical (unpaired) electrons. The fourth-order valence-corrected chi connectivity index (χ4v) is 1.88. The Morgan fingerprint density at radius 1 is 1.31 bits per heavy atom. The third-order valence-corrected chi connectivity index (χ3v) is 2.89. The summed E-state index contributed by atoms with van der Waals surface area (Å²) in [5.41, 5.74) is 0.643. The number of halogens is 2. The molecule has 0 saturated carbocycles. The minimum atomic E-state index is -0.118. The number of carbonyl (C=O) groups excluding carboxylic acids is 1. The maximum atomic E-state index is 11.8. The molecule has 1 aromatic carbocycles. The topological polar surface area (TPSA) is 34.9 Å². The molecule has 0 N–H and O–H groups in total. The fourth-order valence-electron chi connectivity index (χ4n) is 1.35. The highest BCUT2D eigenvalue weighted by molar-refractivity contribution is 6.36. The highest BCUT2D eigenvalue weighted by Gasteiger charge is 2.11. The summed E-state index contributed by atoms with van der Waals surface area (Å²) in [6.07, 6.45) is 4.75. The largest absolute Gasteiger partial charge is 0.276 e. The van der Waals surface area contributed by atoms with Gasteiger partial charge in [-0.2, -0.15) is 0 Å². The zero-order valence-corrected chi connectivity index (χ0v) is 9.74. The minimum absolute atomic E-state index is 0.118. The molecule has 16 heavy (non-hydrogen) atoms. The van der Waals surface area contributed by atoms with Gasteiger partial charge in [0.1, 0.15) is 6.33 Å². The van der Waals surface area contributed by atoms with E-state index in [4.69, 9.17) is 23.2 Å². The van der Waals surface area contributed by atoms with Crippen molar-refractivity contribution >= 4 is 29.1 Å². The van der Waals surface area contributed by atoms with Crippen molar-refractivity contribution in [1.29, 1.82) is 0 Å². The molecule has 0 fully saturated rings. The average Bonchev–Trinajstić information content (AvgIpc) is 2.76. The molecule has 0 spiro atoms. The van der Waals surface area contributed by atoms with Crippen molar-refractivity contribution in [2.24, 2.45) is 0 Å². The van der Waals surface area contributed by atoms with E-state index >= 15 is 0 Å². The van der Waals surface area contributed by atoms with E-state index in [9.17, 15) is 4.79 Å². The van der Waals surface area contributed by atoms with E-state index in [1.165, 1.54) is 10.9 Å². The number of imidazole rings is 1. The third-order valence-electron chi connectivity index (χ3n) is 2.18. The lowest BCUT2D eigenvalue weighted by Crippen LogP contribution is -2.11. The quantitative estimate of drug-likeness (QED) is 0.826. The molecule has 82 valence electrons. The first kappa shape index (κ1) is 11.2. The SMILES string of the molecule is O=C(Cc1c(Cl)cccc1Cl)n1ccnc1. The first-order chi connectivity index (χ1) is 7.68. The summed E-state index contributed by atoms with van der Waals surface area (Å²) in [4.78, 5) is 15.6. The minimum Gasteiger partial charge on any atom is -0.276 e. The Labute approximate surface area is 103 Å². The van der Waals surface area contributed by atoms with Crippen LogP contribution in [-0.2, 0) is 6.42 Å². The average molecular weight is 255 g/mol. The maximum Gasteiger partial charge on any atom is 0.236 e. The van der Waals surface area contributed by atoms with E-state index in [2.05, 4.69) is 4.98 Å². The summed E-state index contributed by atoms with van der Waals surface area (Å²) in [5, 5.41) is 1.00. The van der Waals surface area contributed by atoms with Crippen LogP contribution in [0.1, 0.15) is 10.4 Å². The van der Waals surface area contributed by atoms with Gasteiger partial charge in [-0.15, -0.1) is 0 Å². The summed E-state index contributed by atoms with van der Waals surface area (Å²) in [6, 6.07) is 5.17. The standard InChI is InChI=1S/C11H8Cl2N2O/c12-9-2-1-3-10(13)8(9)6-11(16)15-5-4-14-7-15/h1-5,7H,6H2. The zero-order chi connectivity index (χ0) is 11.5. The van der Waals surface area contributed by atoms with Gasteiger partial charge < -0.3 is 0 Å². The molecule has 3 nitrogen and oxygen atoms in total. The Hall–Kier alpha value is -1.32. The Morgan fingerprint density at radius 2 is 2.00 bits per heavy atom. The van der Waals surface area contributed by atoms with Crippen molar-refractivity contribution in [3.05, 3.63) is 52.5 Å². The van der Waals surface area contributed by atoms with Crippen molar-refractivity contribution in [2.45, 2.75) is 6.42 Å². The number of hydrogen-bond acceptors (Lipinski definition) is 2. The molecule has 1 heterocycles. The van der Waals surface area contributed by atoms with Crippen LogP contribution in [0.15, 0.2) is 36.9 Å². The van der Waals surface area contributed by atoms with E-state index < -0.39 is 0 Å². The van der Waals surface area contributed by atoms with Crippen LogP contribution >= 0.6 is 23.2 Å². The van der Waals surface area contributed by atoms with Crippen LogP contribution < -0.4 is 0 Å². The molecule has 0 unspecified atom stereocenters. The predicted molar refractivity (Wildman–Crippen MR) is 63.0 cm³/mol. The van der Waals surface area contributed by atoms with Gasteiger partial charge >= 0.3 is 0 Å². The van der Waals surface area contributed by atoms with E-state index in [1.807, 2.05) is 0 Å². The smallest absolute Gasteiger partial charge is 0.236 e. The first-order valence-corrected chi connectivity index (χ1v) is 5.38. The van der Waals surface area contributed by atoms with Gasteiger partial charge in [0.2, 0.25) is 5.91 Å². The van der Waals surface area contributed by atoms with Crippen LogP contribution in [0, 0.1) is 0 Å². The fraction of sp³-hybridized carbons (Fsp3) is 0.0909. The van der Waals surface area contributed by atoms with Crippen LogP contribution in [-0.4, -0.2) is 15.5 Å². The zero-order valence-electron chi connectivity index (χ0n) is 8.23. The number of aromatic nitrogens is 2. The second kappa shape index (κ2) is 4.68. The molecular formula is C11H8Cl2N2O. The molecule has 0 amide bonds. The number of rotatable bonds is 2. The lowest BCUT2D eigenvalue weighted by atomic mass is 10.1. The number of carbonyl (C=O) groups is 1. The van der Waals surface area contributed by atoms with Gasteiger partial charge in [0.05, 0.1) is 6.42 Å². The number of nitrogens with zero attached hydrogens (tertiary/aromatic N) is 2. The monoisotopic (exact) mass is 254 g/mol. The second-order valence-electron chi connectivity index (χ2n) is 3.24. The first-order valence-electron chi connectivity index (χ1n) is 4.62. The van der Waals surface area contributed by atoms with Gasteiger partial charge in [-0.1, -0.05) is 29.3 Å². The predicted octanol–water partition coefficient (Wildman–Crippen LogP) is 3.07. The Kier molecular flexibility index (Phi) is 3.27. The van der Waals surface area contributed by atoms with E-state index in [1.54, 1.807) is 30.6 Å². The van der Waals surface area contributed by atoms with Crippen LogP contribution in [0.25, 0.3) is 0 Å². The molecule has 0 bridgehead atoms. The molecule has 0 aliphatic heterocycles. The Morgan fingerprint density at radius 3 is 2.56 bits per heavy atom. The van der Waals surface area contributed by atoms with Crippen LogP contribution in [0.5, 0.6) is 0 Å². The Bertz CT molecular complexity index is 488. The van der Waals surface area contributed by atoms with Crippen LogP contribution in [0.4, 0.5) is 0 Å². The molecule has 1 aromatic heterocycles. The lowest BCUT2D eigenvalue weighted by molar-refractivity contribution is 0.0914. The van der Waals surface area contributed by atoms with Gasteiger partial charge in [0, 0.05) is 22.4 Å². The molecule has 5 heteroatoms. The van der Waals surface area contributed by atoms with E-state index in [0.717, 1.165) is 0 Å². The van der Waals surface area contributed by atoms with Crippen LogP contribution in [0.2, 0.25) is 10.0 Å². The molecule has 0 atom stereocenters. The highest BCUT2D eigenvalue weighted by atomic mass is 35.5. The molecule has 2 rings (SSSR count). The van der Waals surface area contributed by atoms with Crippen molar-refractivity contribution in [1.82, 2.24) is 9.55 Å². The highest BCUT2D eigenvalue weighted by Crippen LogP contribution is 2.24. The normalized spacial score (nSPS) is 10.4. The van der Waals surface area contributed by atoms with Crippen molar-refractivity contribution < 1.29 is 4.79 Å². The molecular weight excluding hydrogens is 247 g/mol. The Balaban J connectivity index is 2.25. The number of hydrogen-bond donors (Lipinski definition) is 0. The van der Waals surface area contributed by atoms with Crippen molar-refractivity contribution in [3.8, 4) is 0 Å². The lowest BCUT2D eigenvalue weighted by Gasteiger charge is -2.06. The molecule has 0 saturated heterocycles. The maximum absolute atomic E-state index is 11.8. The van der Waals surface area contributed by atoms with Gasteiger partial charge in [0.25, 0.3) is 0 Å². The van der Waals surface area contributed by atoms with Gasteiger partial charge in [-0.3, -0.25) is 9.36 Å². The van der Waals surface area contributed by atoms with Crippen molar-refractivity contribution in [3.63, 3.8) is 0 Å². The number of benzene rings is 1. The summed E-state index contributed by atoms with van der Waals surface area (Å²) in [6.45, 7) is 0. The summed E-state index contributed by atoms with van der Waals surface area (Å²) >= 11 is 11.9. The summed E-state index contributed by atoms with van der Waals surface area (Å²) in [7, 11) is 0. The van der Waals surface area contributed by atoms with E-state index in [0.29, 0.717) is 15.6 Å². The van der Waals surface area contributed by atoms with E-state index in [-0.39, 0.29) is 12.3 Å². The van der Waals surface area contributed by atoms with Crippen LogP contribution in [0.3, 0.4) is 0 Å². The second-order valence-corrected chi connectivity index (χ2v) is 4.06. The summed E-state index contributed by atoms with van der Waals surface area (Å²) in [5.74, 6) is -0.118.